The molecule has 1 unspecified atom stereocenters. The Morgan fingerprint density at radius 1 is 1.42 bits per heavy atom. The number of aliphatic carboxylic acids is 2. The molecular formula is C19H19N7O8S2. The molecule has 4 rings (SSSR count). The second-order valence-electron chi connectivity index (χ2n) is 7.35. The quantitative estimate of drug-likeness (QED) is 0.150. The molecule has 36 heavy (non-hydrogen) atoms. The van der Waals surface area contributed by atoms with Gasteiger partial charge in [0.25, 0.3) is 11.8 Å². The fourth-order valence-corrected chi connectivity index (χ4v) is 5.22. The number of fused-ring (bicyclic) bond motifs is 1. The summed E-state index contributed by atoms with van der Waals surface area (Å²) < 4.78 is 5.79. The number of ether oxygens (including phenoxy) is 1. The molecule has 1 saturated heterocycles. The van der Waals surface area contributed by atoms with E-state index in [1.54, 1.807) is 13.1 Å². The fourth-order valence-electron chi connectivity index (χ4n) is 3.41. The smallest absolute Gasteiger partial charge is 0.356 e. The zero-order valence-corrected chi connectivity index (χ0v) is 20.0. The van der Waals surface area contributed by atoms with E-state index in [0.717, 1.165) is 16.2 Å². The van der Waals surface area contributed by atoms with E-state index in [1.807, 2.05) is 0 Å². The van der Waals surface area contributed by atoms with Gasteiger partial charge in [0, 0.05) is 17.8 Å². The van der Waals surface area contributed by atoms with Crippen molar-refractivity contribution < 1.29 is 39.0 Å². The lowest BCUT2D eigenvalue weighted by atomic mass is 10.0. The largest absolute Gasteiger partial charge is 0.484 e. The number of aromatic nitrogens is 3. The Labute approximate surface area is 210 Å². The predicted octanol–water partition coefficient (Wildman–Crippen LogP) is -0.272. The van der Waals surface area contributed by atoms with Crippen LogP contribution in [0.15, 0.2) is 34.4 Å². The zero-order valence-electron chi connectivity index (χ0n) is 18.4. The van der Waals surface area contributed by atoms with Gasteiger partial charge in [-0.1, -0.05) is 5.16 Å². The number of hydrogen-bond donors (Lipinski definition) is 5. The summed E-state index contributed by atoms with van der Waals surface area (Å²) >= 11 is 2.22. The molecule has 1 fully saturated rings. The average molecular weight is 538 g/mol. The lowest BCUT2D eigenvalue weighted by Gasteiger charge is -2.49. The predicted molar refractivity (Wildman–Crippen MR) is 124 cm³/mol. The van der Waals surface area contributed by atoms with Crippen LogP contribution in [0, 0.1) is 0 Å². The molecule has 2 aliphatic heterocycles. The van der Waals surface area contributed by atoms with Crippen molar-refractivity contribution in [3.05, 3.63) is 40.7 Å². The van der Waals surface area contributed by atoms with Gasteiger partial charge in [0.05, 0.1) is 5.75 Å². The highest BCUT2D eigenvalue weighted by Crippen LogP contribution is 2.41. The summed E-state index contributed by atoms with van der Waals surface area (Å²) in [5, 5.41) is 25.4. The first-order valence-corrected chi connectivity index (χ1v) is 12.1. The summed E-state index contributed by atoms with van der Waals surface area (Å²) in [6.45, 7) is 0.874. The van der Waals surface area contributed by atoms with Crippen LogP contribution in [0.1, 0.15) is 24.5 Å². The van der Waals surface area contributed by atoms with Gasteiger partial charge in [0.15, 0.2) is 22.6 Å². The highest BCUT2D eigenvalue weighted by Gasteiger charge is 2.55. The van der Waals surface area contributed by atoms with Crippen molar-refractivity contribution in [1.29, 1.82) is 0 Å². The number of rotatable bonds is 10. The Kier molecular flexibility index (Phi) is 7.11. The molecule has 0 radical (unpaired) electrons. The molecule has 190 valence electrons. The number of anilines is 1. The molecule has 0 saturated carbocycles. The Morgan fingerprint density at radius 3 is 2.81 bits per heavy atom. The number of oxime groups is 1. The number of hydrogen-bond acceptors (Lipinski definition) is 12. The number of carboxylic acid groups (broad SMARTS) is 2. The van der Waals surface area contributed by atoms with Crippen LogP contribution in [0.3, 0.4) is 0 Å². The molecule has 2 aromatic rings. The number of nitrogens with zero attached hydrogens (tertiary/aromatic N) is 4. The van der Waals surface area contributed by atoms with Crippen LogP contribution in [0.5, 0.6) is 0 Å². The third-order valence-electron chi connectivity index (χ3n) is 4.97. The van der Waals surface area contributed by atoms with Crippen LogP contribution < -0.4 is 11.1 Å². The molecular weight excluding hydrogens is 518 g/mol. The van der Waals surface area contributed by atoms with E-state index in [4.69, 9.17) is 15.6 Å². The van der Waals surface area contributed by atoms with E-state index >= 15 is 0 Å². The highest BCUT2D eigenvalue weighted by molar-refractivity contribution is 8.00. The van der Waals surface area contributed by atoms with Crippen molar-refractivity contribution in [1.82, 2.24) is 25.2 Å². The summed E-state index contributed by atoms with van der Waals surface area (Å²) in [5.41, 5.74) is 4.92. The Bertz CT molecular complexity index is 1260. The number of aromatic amines is 1. The molecule has 0 bridgehead atoms. The number of thiazole rings is 1. The van der Waals surface area contributed by atoms with Crippen LogP contribution in [0.4, 0.5) is 5.13 Å². The number of amides is 2. The fraction of sp³-hybridized carbons (Fsp3) is 0.316. The maximum absolute atomic E-state index is 12.9. The topological polar surface area (TPSA) is 222 Å². The summed E-state index contributed by atoms with van der Waals surface area (Å²) in [6, 6.07) is -1.08. The highest BCUT2D eigenvalue weighted by atomic mass is 32.2. The maximum Gasteiger partial charge on any atom is 0.356 e. The first-order valence-electron chi connectivity index (χ1n) is 10.2. The summed E-state index contributed by atoms with van der Waals surface area (Å²) in [4.78, 5) is 65.2. The van der Waals surface area contributed by atoms with Crippen LogP contribution in [0.2, 0.25) is 0 Å². The van der Waals surface area contributed by atoms with E-state index in [1.165, 1.54) is 23.3 Å². The normalized spacial score (nSPS) is 20.3. The molecule has 3 atom stereocenters. The third kappa shape index (κ3) is 4.96. The molecule has 0 spiro atoms. The Balaban J connectivity index is 1.51. The van der Waals surface area contributed by atoms with Crippen LogP contribution in [0.25, 0.3) is 0 Å². The first-order chi connectivity index (χ1) is 17.2. The minimum atomic E-state index is -1.36. The van der Waals surface area contributed by atoms with E-state index in [0.29, 0.717) is 5.82 Å². The van der Waals surface area contributed by atoms with Crippen molar-refractivity contribution >= 4 is 57.7 Å². The molecule has 4 heterocycles. The van der Waals surface area contributed by atoms with Gasteiger partial charge in [0.1, 0.15) is 28.7 Å². The number of nitrogen functional groups attached to an aromatic ring is 1. The Hall–Kier alpha value is -4.12. The standard InChI is InChI=1S/C19H19N7O8S2/c1-7(14-21-2-3-22-14)34-9-6-35-17-12(16(30)26(17)13(9)18(31)32)24-15(29)11(25-33-4-10(27)28)8-5-36-19(20)23-8/h2-3,5,7,12,17H,4,6H2,1H3,(H2,20,23)(H,21,22)(H,24,29)(H,27,28)(H,31,32)/b25-11-/t7?,12-,17+/m1/s1. The molecule has 15 nitrogen and oxygen atoms in total. The maximum atomic E-state index is 12.9. The second-order valence-corrected chi connectivity index (χ2v) is 9.35. The minimum Gasteiger partial charge on any atom is -0.484 e. The number of nitrogens with one attached hydrogen (secondary N) is 2. The monoisotopic (exact) mass is 537 g/mol. The van der Waals surface area contributed by atoms with Gasteiger partial charge in [0.2, 0.25) is 6.61 Å². The van der Waals surface area contributed by atoms with Gasteiger partial charge in [-0.3, -0.25) is 14.5 Å². The van der Waals surface area contributed by atoms with Gasteiger partial charge >= 0.3 is 11.9 Å². The number of β-lactam (4-membered cyclic amide) rings is 1. The van der Waals surface area contributed by atoms with E-state index in [-0.39, 0.29) is 33.7 Å². The average Bonchev–Trinajstić information content (AvgIpc) is 3.51. The number of nitrogens with two attached hydrogens (primary N) is 1. The number of imidazole rings is 1. The van der Waals surface area contributed by atoms with Crippen LogP contribution >= 0.6 is 23.1 Å². The molecule has 2 aromatic heterocycles. The number of carbonyl (C=O) groups is 4. The second kappa shape index (κ2) is 10.2. The van der Waals surface area contributed by atoms with Crippen LogP contribution in [-0.4, -0.2) is 83.3 Å². The summed E-state index contributed by atoms with van der Waals surface area (Å²) in [5.74, 6) is -3.52. The number of H-pyrrole nitrogens is 1. The number of carbonyl (C=O) groups excluding carboxylic acids is 2. The minimum absolute atomic E-state index is 0.0223. The van der Waals surface area contributed by atoms with Crippen molar-refractivity contribution in [2.75, 3.05) is 18.1 Å². The van der Waals surface area contributed by atoms with Gasteiger partial charge in [-0.05, 0) is 6.92 Å². The van der Waals surface area contributed by atoms with Gasteiger partial charge < -0.3 is 35.8 Å². The van der Waals surface area contributed by atoms with E-state index < -0.39 is 47.9 Å². The van der Waals surface area contributed by atoms with Gasteiger partial charge in [-0.15, -0.1) is 23.1 Å². The molecule has 0 aliphatic carbocycles. The molecule has 6 N–H and O–H groups in total. The third-order valence-corrected chi connectivity index (χ3v) is 6.90. The van der Waals surface area contributed by atoms with E-state index in [2.05, 4.69) is 30.3 Å². The van der Waals surface area contributed by atoms with Crippen LogP contribution in [-0.2, 0) is 28.8 Å². The zero-order chi connectivity index (χ0) is 26.0. The van der Waals surface area contributed by atoms with Gasteiger partial charge in [-0.25, -0.2) is 19.6 Å². The SMILES string of the molecule is CC(OC1=C(C(=O)O)N2C(=O)[C@@H](NC(=O)/C(=N\OCC(=O)O)c3csc(N)n3)[C@@H]2SC1)c1ncc[nH]1. The lowest BCUT2D eigenvalue weighted by Crippen LogP contribution is -2.71. The molecule has 2 aliphatic rings. The van der Waals surface area contributed by atoms with Crippen molar-refractivity contribution in [3.8, 4) is 0 Å². The van der Waals surface area contributed by atoms with Crippen molar-refractivity contribution in [3.63, 3.8) is 0 Å². The Morgan fingerprint density at radius 2 is 2.19 bits per heavy atom. The number of thioether (sulfide) groups is 1. The van der Waals surface area contributed by atoms with Crippen molar-refractivity contribution in [2.45, 2.75) is 24.4 Å². The summed E-state index contributed by atoms with van der Waals surface area (Å²) in [7, 11) is 0. The molecule has 0 aromatic carbocycles. The first kappa shape index (κ1) is 25.0. The lowest BCUT2D eigenvalue weighted by molar-refractivity contribution is -0.150. The molecule has 2 amide bonds. The van der Waals surface area contributed by atoms with E-state index in [9.17, 15) is 24.3 Å². The van der Waals surface area contributed by atoms with Crippen molar-refractivity contribution in [2.24, 2.45) is 5.16 Å². The summed E-state index contributed by atoms with van der Waals surface area (Å²) in [6.07, 6.45) is 2.54. The van der Waals surface area contributed by atoms with Gasteiger partial charge in [-0.2, -0.15) is 0 Å². The number of carboxylic acids is 2. The molecule has 17 heteroatoms.